The Hall–Kier alpha value is -1.43. The van der Waals surface area contributed by atoms with Crippen LogP contribution in [0.3, 0.4) is 0 Å². The topological polar surface area (TPSA) is 139 Å². The molecule has 0 saturated heterocycles. The maximum absolute atomic E-state index is 13.3. The minimum absolute atomic E-state index is 0.237. The van der Waals surface area contributed by atoms with E-state index in [9.17, 15) is 28.8 Å². The van der Waals surface area contributed by atoms with E-state index in [0.717, 1.165) is 0 Å². The van der Waals surface area contributed by atoms with Crippen LogP contribution in [-0.4, -0.2) is 74.9 Å². The molecule has 0 fully saturated rings. The molecule has 0 spiro atoms. The van der Waals surface area contributed by atoms with E-state index in [1.807, 2.05) is 0 Å². The van der Waals surface area contributed by atoms with Gasteiger partial charge in [-0.05, 0) is 0 Å². The van der Waals surface area contributed by atoms with Gasteiger partial charge < -0.3 is 0 Å². The average Bonchev–Trinajstić information content (AvgIpc) is 2.71. The molecule has 0 aromatic carbocycles. The fourth-order valence-electron chi connectivity index (χ4n) is 2.81. The minimum atomic E-state index is -5.49. The fourth-order valence-corrected chi connectivity index (χ4v) is 8.32. The van der Waals surface area contributed by atoms with Crippen LogP contribution in [-0.2, 0) is 63.3 Å². The number of carbonyl (C=O) groups excluding carboxylic acids is 6. The predicted molar refractivity (Wildman–Crippen MR) is 114 cm³/mol. The monoisotopic (exact) mass is 508 g/mol. The molecule has 33 heavy (non-hydrogen) atoms. The van der Waals surface area contributed by atoms with Crippen molar-refractivity contribution in [3.8, 4) is 0 Å². The van der Waals surface area contributed by atoms with Crippen molar-refractivity contribution >= 4 is 29.6 Å². The standard InChI is InChI=1S/3C6H9O3.C4H9O.Ti/c3*1-2-9-5-6(8)3-4-7;1-4(2,3)5;/h3*2-3,5H2,1H3;1-3H3;/q;;;-1;+1. The van der Waals surface area contributed by atoms with Crippen molar-refractivity contribution in [3.05, 3.63) is 0 Å². The second-order valence-electron chi connectivity index (χ2n) is 8.22. The van der Waals surface area contributed by atoms with Crippen LogP contribution >= 0.6 is 0 Å². The molecule has 0 saturated carbocycles. The van der Waals surface area contributed by atoms with E-state index in [4.69, 9.17) is 17.5 Å². The summed E-state index contributed by atoms with van der Waals surface area (Å²) in [4.78, 5) is 76.7. The predicted octanol–water partition coefficient (Wildman–Crippen LogP) is 1.44. The molecule has 0 aromatic heterocycles. The Labute approximate surface area is 198 Å². The third-order valence-corrected chi connectivity index (χ3v) is 10.1. The van der Waals surface area contributed by atoms with Gasteiger partial charge in [-0.15, -0.1) is 0 Å². The number of rotatable bonds is 19. The van der Waals surface area contributed by atoms with E-state index in [0.29, 0.717) is 0 Å². The summed E-state index contributed by atoms with van der Waals surface area (Å²) in [6, 6.07) is 0. The van der Waals surface area contributed by atoms with Gasteiger partial charge in [0.15, 0.2) is 0 Å². The third-order valence-electron chi connectivity index (χ3n) is 4.11. The van der Waals surface area contributed by atoms with Gasteiger partial charge in [0.05, 0.1) is 0 Å². The molecule has 0 N–H and O–H groups in total. The maximum atomic E-state index is 13.3. The van der Waals surface area contributed by atoms with Crippen LogP contribution in [0.1, 0.15) is 60.8 Å². The van der Waals surface area contributed by atoms with E-state index in [2.05, 4.69) is 0 Å². The molecule has 0 heterocycles. The van der Waals surface area contributed by atoms with E-state index < -0.39 is 71.5 Å². The van der Waals surface area contributed by atoms with Crippen molar-refractivity contribution in [3.63, 3.8) is 0 Å². The zero-order valence-electron chi connectivity index (χ0n) is 20.4. The van der Waals surface area contributed by atoms with Crippen LogP contribution in [0.2, 0.25) is 0 Å². The van der Waals surface area contributed by atoms with Gasteiger partial charge in [-0.25, -0.2) is 0 Å². The van der Waals surface area contributed by atoms with Gasteiger partial charge in [-0.2, -0.15) is 0 Å². The summed E-state index contributed by atoms with van der Waals surface area (Å²) in [6.45, 7) is 9.25. The van der Waals surface area contributed by atoms with Crippen molar-refractivity contribution in [2.75, 3.05) is 39.6 Å². The second-order valence-corrected chi connectivity index (χ2v) is 13.3. The third kappa shape index (κ3) is 11.5. The molecule has 10 nitrogen and oxygen atoms in total. The van der Waals surface area contributed by atoms with E-state index >= 15 is 0 Å². The Morgan fingerprint density at radius 3 is 1.06 bits per heavy atom. The molecule has 188 valence electrons. The Morgan fingerprint density at radius 1 is 0.576 bits per heavy atom. The molecule has 0 amide bonds. The van der Waals surface area contributed by atoms with Gasteiger partial charge in [0.25, 0.3) is 0 Å². The van der Waals surface area contributed by atoms with Crippen molar-refractivity contribution in [2.24, 2.45) is 0 Å². The Morgan fingerprint density at radius 2 is 0.848 bits per heavy atom. The Kier molecular flexibility index (Phi) is 14.8. The van der Waals surface area contributed by atoms with Crippen molar-refractivity contribution in [1.29, 1.82) is 0 Å². The first-order valence-electron chi connectivity index (χ1n) is 10.9. The Bertz CT molecular complexity index is 640. The van der Waals surface area contributed by atoms with Crippen LogP contribution in [0.4, 0.5) is 0 Å². The summed E-state index contributed by atoms with van der Waals surface area (Å²) in [7, 11) is 0. The molecule has 0 aromatic rings. The summed E-state index contributed by atoms with van der Waals surface area (Å²) >= 11 is -5.49. The number of ketones is 3. The van der Waals surface area contributed by atoms with E-state index in [1.165, 1.54) is 0 Å². The second kappa shape index (κ2) is 15.5. The van der Waals surface area contributed by atoms with Crippen LogP contribution in [0, 0.1) is 0 Å². The summed E-state index contributed by atoms with van der Waals surface area (Å²) in [5, 5.41) is 0. The van der Waals surface area contributed by atoms with Crippen LogP contribution in [0.15, 0.2) is 0 Å². The number of carbonyl (C=O) groups is 6. The van der Waals surface area contributed by atoms with Crippen LogP contribution in [0.25, 0.3) is 0 Å². The molecule has 0 aliphatic rings. The molecular weight excluding hydrogens is 472 g/mol. The fraction of sp³-hybridized carbons (Fsp3) is 0.727. The van der Waals surface area contributed by atoms with Gasteiger partial charge in [0.2, 0.25) is 0 Å². The molecule has 0 aliphatic heterocycles. The van der Waals surface area contributed by atoms with Crippen molar-refractivity contribution in [1.82, 2.24) is 0 Å². The van der Waals surface area contributed by atoms with Gasteiger partial charge in [0.1, 0.15) is 0 Å². The van der Waals surface area contributed by atoms with Gasteiger partial charge >= 0.3 is 199 Å². The zero-order chi connectivity index (χ0) is 25.7. The summed E-state index contributed by atoms with van der Waals surface area (Å²) < 4.78 is 18.1. The van der Waals surface area contributed by atoms with Crippen LogP contribution in [0.5, 0.6) is 0 Å². The van der Waals surface area contributed by atoms with Gasteiger partial charge in [0, 0.05) is 0 Å². The normalized spacial score (nSPS) is 11.8. The molecule has 0 aliphatic carbocycles. The SMILES string of the molecule is CCOCC(=O)C[C](=O)[Ti]([O]C(C)(C)C)([C](=O)CC(=O)COCC)[C](=O)CC(=O)COCC. The van der Waals surface area contributed by atoms with Crippen LogP contribution < -0.4 is 0 Å². The van der Waals surface area contributed by atoms with E-state index in [-0.39, 0.29) is 39.6 Å². The quantitative estimate of drug-likeness (QED) is 0.186. The summed E-state index contributed by atoms with van der Waals surface area (Å²) in [5.74, 6) is -1.89. The first-order valence-corrected chi connectivity index (χ1v) is 13.9. The zero-order valence-corrected chi connectivity index (χ0v) is 22.0. The molecule has 11 heteroatoms. The number of ether oxygens (including phenoxy) is 3. The molecule has 0 rings (SSSR count). The van der Waals surface area contributed by atoms with Crippen molar-refractivity contribution < 1.29 is 63.3 Å². The first kappa shape index (κ1) is 31.6. The van der Waals surface area contributed by atoms with E-state index in [1.54, 1.807) is 41.5 Å². The number of hydrogen-bond acceptors (Lipinski definition) is 10. The average molecular weight is 508 g/mol. The molecular formula is C22H36O10Ti. The Balaban J connectivity index is 6.24. The number of hydrogen-bond donors (Lipinski definition) is 0. The first-order chi connectivity index (χ1) is 15.3. The summed E-state index contributed by atoms with van der Waals surface area (Å²) in [5.41, 5.74) is -1.13. The molecule has 0 unspecified atom stereocenters. The number of Topliss-reactive ketones (excluding diaryl/α,β-unsaturated/α-hetero) is 3. The molecule has 0 atom stereocenters. The summed E-state index contributed by atoms with van der Waals surface area (Å²) in [6.07, 6.45) is -2.27. The van der Waals surface area contributed by atoms with Crippen molar-refractivity contribution in [2.45, 2.75) is 66.4 Å². The molecule has 0 bridgehead atoms. The van der Waals surface area contributed by atoms with Gasteiger partial charge in [-0.1, -0.05) is 0 Å². The van der Waals surface area contributed by atoms with Gasteiger partial charge in [-0.3, -0.25) is 0 Å². The molecule has 0 radical (unpaired) electrons.